The molecule has 9 heteroatoms. The van der Waals surface area contributed by atoms with Gasteiger partial charge in [-0.15, -0.1) is 0 Å². The molecule has 1 aromatic heterocycles. The summed E-state index contributed by atoms with van der Waals surface area (Å²) in [5, 5.41) is 15.4. The van der Waals surface area contributed by atoms with Gasteiger partial charge in [0.15, 0.2) is 5.16 Å². The highest BCUT2D eigenvalue weighted by Crippen LogP contribution is 2.19. The highest BCUT2D eigenvalue weighted by Gasteiger charge is 2.08. The fourth-order valence-corrected chi connectivity index (χ4v) is 2.94. The van der Waals surface area contributed by atoms with Crippen LogP contribution in [0.4, 0.5) is 5.69 Å². The fourth-order valence-electron chi connectivity index (χ4n) is 2.26. The molecular weight excluding hydrogens is 366 g/mol. The number of rotatable bonds is 7. The number of para-hydroxylation sites is 3. The van der Waals surface area contributed by atoms with E-state index < -0.39 is 4.92 Å². The number of carbonyl (C=O) groups is 1. The standard InChI is InChI=1S/C18H15N5O3S/c24-17(12-27-18-20-14-8-2-3-9-15(14)21-18)22-19-11-5-7-13-6-1-4-10-16(13)23(25)26/h1-11H,12H2,(H,20,21)(H,22,24)/b7-5+,19-11?. The zero-order valence-corrected chi connectivity index (χ0v) is 14.8. The SMILES string of the molecule is O=C(CSc1nc2ccccc2[nH]1)NN=C/C=C/c1ccccc1[N+](=O)[O-]. The molecule has 0 unspecified atom stereocenters. The predicted octanol–water partition coefficient (Wildman–Crippen LogP) is 3.38. The van der Waals surface area contributed by atoms with Gasteiger partial charge >= 0.3 is 0 Å². The van der Waals surface area contributed by atoms with E-state index in [1.807, 2.05) is 24.3 Å². The van der Waals surface area contributed by atoms with Gasteiger partial charge in [-0.05, 0) is 30.4 Å². The normalized spacial score (nSPS) is 11.4. The van der Waals surface area contributed by atoms with Crippen molar-refractivity contribution < 1.29 is 9.72 Å². The Kier molecular flexibility index (Phi) is 5.95. The lowest BCUT2D eigenvalue weighted by Crippen LogP contribution is -2.19. The van der Waals surface area contributed by atoms with Crippen molar-refractivity contribution in [3.8, 4) is 0 Å². The largest absolute Gasteiger partial charge is 0.333 e. The summed E-state index contributed by atoms with van der Waals surface area (Å²) in [6.45, 7) is 0. The smallest absolute Gasteiger partial charge is 0.276 e. The van der Waals surface area contributed by atoms with Gasteiger partial charge in [0, 0.05) is 12.3 Å². The number of imidazole rings is 1. The number of nitro groups is 1. The Bertz CT molecular complexity index is 996. The summed E-state index contributed by atoms with van der Waals surface area (Å²) in [7, 11) is 0. The number of nitrogens with one attached hydrogen (secondary N) is 2. The summed E-state index contributed by atoms with van der Waals surface area (Å²) in [5.41, 5.74) is 4.62. The third-order valence-corrected chi connectivity index (χ3v) is 4.34. The molecule has 0 bridgehead atoms. The van der Waals surface area contributed by atoms with Crippen LogP contribution < -0.4 is 5.43 Å². The molecule has 0 atom stereocenters. The average Bonchev–Trinajstić information content (AvgIpc) is 3.09. The third-order valence-electron chi connectivity index (χ3n) is 3.47. The lowest BCUT2D eigenvalue weighted by Gasteiger charge is -1.97. The maximum Gasteiger partial charge on any atom is 0.276 e. The number of fused-ring (bicyclic) bond motifs is 1. The molecule has 0 saturated heterocycles. The van der Waals surface area contributed by atoms with Gasteiger partial charge in [-0.2, -0.15) is 5.10 Å². The lowest BCUT2D eigenvalue weighted by molar-refractivity contribution is -0.385. The van der Waals surface area contributed by atoms with Gasteiger partial charge in [-0.1, -0.05) is 36.0 Å². The molecule has 0 aliphatic heterocycles. The third kappa shape index (κ3) is 5.02. The van der Waals surface area contributed by atoms with Crippen LogP contribution in [0.5, 0.6) is 0 Å². The second-order valence-electron chi connectivity index (χ2n) is 5.34. The first-order chi connectivity index (χ1) is 13.1. The first-order valence-corrected chi connectivity index (χ1v) is 8.91. The van der Waals surface area contributed by atoms with Crippen molar-refractivity contribution in [2.75, 3.05) is 5.75 Å². The Balaban J connectivity index is 1.48. The van der Waals surface area contributed by atoms with E-state index >= 15 is 0 Å². The van der Waals surface area contributed by atoms with Crippen molar-refractivity contribution in [3.05, 3.63) is 70.3 Å². The van der Waals surface area contributed by atoms with E-state index in [1.165, 1.54) is 30.1 Å². The van der Waals surface area contributed by atoms with Crippen LogP contribution in [-0.2, 0) is 4.79 Å². The number of H-pyrrole nitrogens is 1. The van der Waals surface area contributed by atoms with Gasteiger partial charge < -0.3 is 4.98 Å². The Morgan fingerprint density at radius 3 is 2.85 bits per heavy atom. The first-order valence-electron chi connectivity index (χ1n) is 7.93. The molecule has 1 heterocycles. The summed E-state index contributed by atoms with van der Waals surface area (Å²) in [6, 6.07) is 14.0. The number of hydrogen-bond acceptors (Lipinski definition) is 6. The molecule has 2 aromatic carbocycles. The number of thioether (sulfide) groups is 1. The molecule has 2 N–H and O–H groups in total. The van der Waals surface area contributed by atoms with Gasteiger partial charge in [0.2, 0.25) is 0 Å². The number of hydrazone groups is 1. The first kappa shape index (κ1) is 18.3. The summed E-state index contributed by atoms with van der Waals surface area (Å²) >= 11 is 1.27. The van der Waals surface area contributed by atoms with E-state index in [-0.39, 0.29) is 17.3 Å². The Morgan fingerprint density at radius 2 is 2.04 bits per heavy atom. The number of carbonyl (C=O) groups excluding carboxylic acids is 1. The minimum Gasteiger partial charge on any atom is -0.333 e. The molecule has 27 heavy (non-hydrogen) atoms. The van der Waals surface area contributed by atoms with E-state index in [2.05, 4.69) is 20.5 Å². The minimum atomic E-state index is -0.451. The summed E-state index contributed by atoms with van der Waals surface area (Å²) in [5.74, 6) is -0.124. The number of nitro benzene ring substituents is 1. The number of amides is 1. The maximum atomic E-state index is 11.8. The number of benzene rings is 2. The molecule has 1 amide bonds. The number of allylic oxidation sites excluding steroid dienone is 1. The van der Waals surface area contributed by atoms with Crippen molar-refractivity contribution in [3.63, 3.8) is 0 Å². The number of aromatic nitrogens is 2. The van der Waals surface area contributed by atoms with Gasteiger partial charge in [-0.25, -0.2) is 10.4 Å². The average molecular weight is 381 g/mol. The van der Waals surface area contributed by atoms with Gasteiger partial charge in [0.1, 0.15) is 0 Å². The highest BCUT2D eigenvalue weighted by atomic mass is 32.2. The van der Waals surface area contributed by atoms with E-state index in [4.69, 9.17) is 0 Å². The monoisotopic (exact) mass is 381 g/mol. The topological polar surface area (TPSA) is 113 Å². The molecule has 0 fully saturated rings. The molecule has 0 aliphatic rings. The molecule has 136 valence electrons. The molecule has 0 saturated carbocycles. The quantitative estimate of drug-likeness (QED) is 0.282. The molecule has 0 aliphatic carbocycles. The Morgan fingerprint density at radius 1 is 1.26 bits per heavy atom. The zero-order chi connectivity index (χ0) is 19.1. The van der Waals surface area contributed by atoms with Crippen molar-refractivity contribution in [1.29, 1.82) is 0 Å². The number of nitrogens with zero attached hydrogens (tertiary/aromatic N) is 3. The summed E-state index contributed by atoms with van der Waals surface area (Å²) in [4.78, 5) is 29.8. The second-order valence-corrected chi connectivity index (χ2v) is 6.30. The van der Waals surface area contributed by atoms with Crippen molar-refractivity contribution >= 4 is 46.7 Å². The minimum absolute atomic E-state index is 0.00780. The Labute approximate surface area is 158 Å². The van der Waals surface area contributed by atoms with Crippen LogP contribution in [0.2, 0.25) is 0 Å². The van der Waals surface area contributed by atoms with Crippen molar-refractivity contribution in [1.82, 2.24) is 15.4 Å². The summed E-state index contributed by atoms with van der Waals surface area (Å²) in [6.07, 6.45) is 4.44. The van der Waals surface area contributed by atoms with E-state index in [0.29, 0.717) is 10.7 Å². The van der Waals surface area contributed by atoms with E-state index in [0.717, 1.165) is 11.0 Å². The van der Waals surface area contributed by atoms with Gasteiger partial charge in [0.25, 0.3) is 11.6 Å². The second kappa shape index (κ2) is 8.77. The van der Waals surface area contributed by atoms with Crippen LogP contribution in [0.15, 0.2) is 64.9 Å². The van der Waals surface area contributed by atoms with Crippen LogP contribution in [-0.4, -0.2) is 32.8 Å². The molecule has 0 radical (unpaired) electrons. The molecule has 0 spiro atoms. The summed E-state index contributed by atoms with van der Waals surface area (Å²) < 4.78 is 0. The van der Waals surface area contributed by atoms with Crippen LogP contribution in [0, 0.1) is 10.1 Å². The van der Waals surface area contributed by atoms with E-state index in [9.17, 15) is 14.9 Å². The Hall–Kier alpha value is -3.46. The van der Waals surface area contributed by atoms with Crippen LogP contribution in [0.1, 0.15) is 5.56 Å². The van der Waals surface area contributed by atoms with Gasteiger partial charge in [-0.3, -0.25) is 14.9 Å². The molecule has 8 nitrogen and oxygen atoms in total. The van der Waals surface area contributed by atoms with E-state index in [1.54, 1.807) is 24.3 Å². The number of aromatic amines is 1. The number of hydrogen-bond donors (Lipinski definition) is 2. The fraction of sp³-hybridized carbons (Fsp3) is 0.0556. The van der Waals surface area contributed by atoms with Crippen LogP contribution in [0.25, 0.3) is 17.1 Å². The van der Waals surface area contributed by atoms with Crippen molar-refractivity contribution in [2.24, 2.45) is 5.10 Å². The molecule has 3 rings (SSSR count). The van der Waals surface area contributed by atoms with Crippen LogP contribution >= 0.6 is 11.8 Å². The molecular formula is C18H15N5O3S. The predicted molar refractivity (Wildman–Crippen MR) is 106 cm³/mol. The van der Waals surface area contributed by atoms with Gasteiger partial charge in [0.05, 0.1) is 27.3 Å². The lowest BCUT2D eigenvalue weighted by atomic mass is 10.2. The zero-order valence-electron chi connectivity index (χ0n) is 14.0. The highest BCUT2D eigenvalue weighted by molar-refractivity contribution is 7.99. The van der Waals surface area contributed by atoms with Crippen LogP contribution in [0.3, 0.4) is 0 Å². The molecule has 3 aromatic rings. The van der Waals surface area contributed by atoms with Crippen molar-refractivity contribution in [2.45, 2.75) is 5.16 Å². The maximum absolute atomic E-state index is 11.8.